The maximum Gasteiger partial charge on any atom is 0.248 e. The lowest BCUT2D eigenvalue weighted by Crippen LogP contribution is -2.53. The number of nitrogens with one attached hydrogen (secondary N) is 1. The number of rotatable bonds is 7. The Labute approximate surface area is 165 Å². The number of aromatic nitrogens is 4. The summed E-state index contributed by atoms with van der Waals surface area (Å²) in [6.07, 6.45) is 3.35. The monoisotopic (exact) mass is 388 g/mol. The van der Waals surface area contributed by atoms with Crippen LogP contribution in [0, 0.1) is 0 Å². The van der Waals surface area contributed by atoms with Gasteiger partial charge in [-0.05, 0) is 26.8 Å². The van der Waals surface area contributed by atoms with Crippen LogP contribution in [0.5, 0.6) is 0 Å². The van der Waals surface area contributed by atoms with Crippen molar-refractivity contribution in [2.45, 2.75) is 33.4 Å². The number of ether oxygens (including phenoxy) is 1. The topological polar surface area (TPSA) is 105 Å². The Morgan fingerprint density at radius 3 is 2.68 bits per heavy atom. The Bertz CT molecular complexity index is 743. The van der Waals surface area contributed by atoms with Crippen molar-refractivity contribution < 1.29 is 9.26 Å². The molecule has 152 valence electrons. The summed E-state index contributed by atoms with van der Waals surface area (Å²) in [7, 11) is 0. The minimum atomic E-state index is -0.187. The molecule has 1 saturated heterocycles. The number of anilines is 1. The standard InChI is InChI=1S/C18H28N8O2/c1-4-19-17(22-13-15-23-16(24-28-15)14(3)27-5-2)25-9-11-26(12-10-25)18-20-7-6-8-21-18/h6-8,14H,4-5,9-13H2,1-3H3,(H,19,22). The zero-order valence-electron chi connectivity index (χ0n) is 16.7. The largest absolute Gasteiger partial charge is 0.371 e. The van der Waals surface area contributed by atoms with Crippen LogP contribution < -0.4 is 10.2 Å². The van der Waals surface area contributed by atoms with Crippen LogP contribution in [0.15, 0.2) is 28.0 Å². The minimum Gasteiger partial charge on any atom is -0.371 e. The van der Waals surface area contributed by atoms with Crippen molar-refractivity contribution in [3.63, 3.8) is 0 Å². The van der Waals surface area contributed by atoms with Gasteiger partial charge in [0.1, 0.15) is 12.6 Å². The second kappa shape index (κ2) is 9.98. The molecule has 1 N–H and O–H groups in total. The van der Waals surface area contributed by atoms with E-state index in [0.717, 1.165) is 44.6 Å². The fourth-order valence-electron chi connectivity index (χ4n) is 2.96. The van der Waals surface area contributed by atoms with Crippen molar-refractivity contribution in [1.29, 1.82) is 0 Å². The molecule has 3 rings (SSSR count). The molecule has 1 aliphatic rings. The lowest BCUT2D eigenvalue weighted by molar-refractivity contribution is 0.0683. The fourth-order valence-corrected chi connectivity index (χ4v) is 2.96. The van der Waals surface area contributed by atoms with Crippen LogP contribution in [0.3, 0.4) is 0 Å². The lowest BCUT2D eigenvalue weighted by Gasteiger charge is -2.36. The smallest absolute Gasteiger partial charge is 0.248 e. The van der Waals surface area contributed by atoms with Gasteiger partial charge in [-0.25, -0.2) is 15.0 Å². The van der Waals surface area contributed by atoms with Gasteiger partial charge in [-0.1, -0.05) is 5.16 Å². The van der Waals surface area contributed by atoms with Crippen LogP contribution in [0.25, 0.3) is 0 Å². The van der Waals surface area contributed by atoms with E-state index in [1.165, 1.54) is 0 Å². The van der Waals surface area contributed by atoms with Gasteiger partial charge in [0.25, 0.3) is 0 Å². The predicted molar refractivity (Wildman–Crippen MR) is 105 cm³/mol. The molecule has 28 heavy (non-hydrogen) atoms. The van der Waals surface area contributed by atoms with Crippen molar-refractivity contribution in [1.82, 2.24) is 30.3 Å². The Morgan fingerprint density at radius 1 is 1.25 bits per heavy atom. The molecule has 3 heterocycles. The molecule has 1 unspecified atom stereocenters. The summed E-state index contributed by atoms with van der Waals surface area (Å²) < 4.78 is 10.8. The normalized spacial score (nSPS) is 16.3. The number of hydrogen-bond donors (Lipinski definition) is 1. The first-order chi connectivity index (χ1) is 13.7. The summed E-state index contributed by atoms with van der Waals surface area (Å²) in [5.41, 5.74) is 0. The Hall–Kier alpha value is -2.75. The van der Waals surface area contributed by atoms with E-state index >= 15 is 0 Å². The molecule has 0 bridgehead atoms. The predicted octanol–water partition coefficient (Wildman–Crippen LogP) is 1.24. The third kappa shape index (κ3) is 5.16. The van der Waals surface area contributed by atoms with Gasteiger partial charge < -0.3 is 24.4 Å². The van der Waals surface area contributed by atoms with E-state index in [1.807, 2.05) is 19.9 Å². The molecule has 2 aromatic heterocycles. The SMILES string of the molecule is CCNC(=NCc1nc(C(C)OCC)no1)N1CCN(c2ncccn2)CC1. The van der Waals surface area contributed by atoms with Crippen molar-refractivity contribution >= 4 is 11.9 Å². The highest BCUT2D eigenvalue weighted by atomic mass is 16.5. The molecule has 2 aromatic rings. The summed E-state index contributed by atoms with van der Waals surface area (Å²) in [6, 6.07) is 1.83. The zero-order valence-corrected chi connectivity index (χ0v) is 16.7. The highest BCUT2D eigenvalue weighted by Crippen LogP contribution is 2.14. The van der Waals surface area contributed by atoms with Gasteiger partial charge in [-0.2, -0.15) is 4.98 Å². The number of guanidine groups is 1. The first-order valence-electron chi connectivity index (χ1n) is 9.70. The maximum atomic E-state index is 5.49. The Balaban J connectivity index is 1.59. The van der Waals surface area contributed by atoms with E-state index in [1.54, 1.807) is 12.4 Å². The van der Waals surface area contributed by atoms with Crippen LogP contribution in [-0.4, -0.2) is 70.3 Å². The third-order valence-electron chi connectivity index (χ3n) is 4.38. The van der Waals surface area contributed by atoms with E-state index in [2.05, 4.69) is 47.1 Å². The van der Waals surface area contributed by atoms with E-state index in [9.17, 15) is 0 Å². The fraction of sp³-hybridized carbons (Fsp3) is 0.611. The number of nitrogens with zero attached hydrogens (tertiary/aromatic N) is 7. The van der Waals surface area contributed by atoms with Crippen LogP contribution in [0.2, 0.25) is 0 Å². The van der Waals surface area contributed by atoms with Crippen molar-refractivity contribution in [3.8, 4) is 0 Å². The van der Waals surface area contributed by atoms with Gasteiger partial charge in [-0.3, -0.25) is 0 Å². The van der Waals surface area contributed by atoms with Gasteiger partial charge in [0, 0.05) is 51.7 Å². The third-order valence-corrected chi connectivity index (χ3v) is 4.38. The molecule has 1 atom stereocenters. The highest BCUT2D eigenvalue weighted by Gasteiger charge is 2.21. The highest BCUT2D eigenvalue weighted by molar-refractivity contribution is 5.80. The number of piperazine rings is 1. The van der Waals surface area contributed by atoms with Gasteiger partial charge in [0.15, 0.2) is 11.8 Å². The first kappa shape index (κ1) is 20.0. The molecular weight excluding hydrogens is 360 g/mol. The maximum absolute atomic E-state index is 5.49. The molecule has 0 amide bonds. The summed E-state index contributed by atoms with van der Waals surface area (Å²) in [5.74, 6) is 2.64. The first-order valence-corrected chi connectivity index (χ1v) is 9.70. The van der Waals surface area contributed by atoms with Crippen LogP contribution >= 0.6 is 0 Å². The van der Waals surface area contributed by atoms with Crippen molar-refractivity contribution in [3.05, 3.63) is 30.2 Å². The van der Waals surface area contributed by atoms with Gasteiger partial charge in [-0.15, -0.1) is 0 Å². The van der Waals surface area contributed by atoms with Crippen LogP contribution in [-0.2, 0) is 11.3 Å². The molecule has 0 aliphatic carbocycles. The molecular formula is C18H28N8O2. The second-order valence-corrected chi connectivity index (χ2v) is 6.34. The van der Waals surface area contributed by atoms with Crippen LogP contribution in [0.4, 0.5) is 5.95 Å². The molecule has 0 radical (unpaired) electrons. The molecule has 10 nitrogen and oxygen atoms in total. The molecule has 0 saturated carbocycles. The minimum absolute atomic E-state index is 0.187. The molecule has 0 spiro atoms. The average Bonchev–Trinajstić information content (AvgIpc) is 3.21. The summed E-state index contributed by atoms with van der Waals surface area (Å²) in [5, 5.41) is 7.32. The van der Waals surface area contributed by atoms with Crippen molar-refractivity contribution in [2.24, 2.45) is 4.99 Å². The number of hydrogen-bond acceptors (Lipinski definition) is 8. The molecule has 10 heteroatoms. The van der Waals surface area contributed by atoms with E-state index in [-0.39, 0.29) is 6.10 Å². The summed E-state index contributed by atoms with van der Waals surface area (Å²) in [6.45, 7) is 11.0. The molecule has 1 fully saturated rings. The average molecular weight is 388 g/mol. The van der Waals surface area contributed by atoms with E-state index < -0.39 is 0 Å². The van der Waals surface area contributed by atoms with Gasteiger partial charge in [0.2, 0.25) is 11.8 Å². The zero-order chi connectivity index (χ0) is 19.8. The van der Waals surface area contributed by atoms with E-state index in [4.69, 9.17) is 9.26 Å². The summed E-state index contributed by atoms with van der Waals surface area (Å²) >= 11 is 0. The Kier molecular flexibility index (Phi) is 7.12. The quantitative estimate of drug-likeness (QED) is 0.554. The van der Waals surface area contributed by atoms with E-state index in [0.29, 0.717) is 24.9 Å². The lowest BCUT2D eigenvalue weighted by atomic mass is 10.3. The van der Waals surface area contributed by atoms with Crippen LogP contribution in [0.1, 0.15) is 38.6 Å². The van der Waals surface area contributed by atoms with Gasteiger partial charge in [0.05, 0.1) is 0 Å². The summed E-state index contributed by atoms with van der Waals surface area (Å²) in [4.78, 5) is 22.1. The second-order valence-electron chi connectivity index (χ2n) is 6.34. The molecule has 1 aliphatic heterocycles. The molecule has 0 aromatic carbocycles. The van der Waals surface area contributed by atoms with Crippen molar-refractivity contribution in [2.75, 3.05) is 44.2 Å². The number of aliphatic imine (C=N–C) groups is 1. The Morgan fingerprint density at radius 2 is 2.00 bits per heavy atom. The van der Waals surface area contributed by atoms with Gasteiger partial charge >= 0.3 is 0 Å².